The van der Waals surface area contributed by atoms with Gasteiger partial charge in [-0.25, -0.2) is 9.78 Å². The summed E-state index contributed by atoms with van der Waals surface area (Å²) in [7, 11) is 0. The summed E-state index contributed by atoms with van der Waals surface area (Å²) in [6.45, 7) is 0. The molecule has 8 heteroatoms. The molecule has 16 heavy (non-hydrogen) atoms. The van der Waals surface area contributed by atoms with E-state index in [1.165, 1.54) is 0 Å². The predicted molar refractivity (Wildman–Crippen MR) is 52.3 cm³/mol. The van der Waals surface area contributed by atoms with Gasteiger partial charge in [0.1, 0.15) is 16.0 Å². The first-order valence-corrected chi connectivity index (χ1v) is 5.00. The van der Waals surface area contributed by atoms with E-state index in [1.54, 1.807) is 0 Å². The van der Waals surface area contributed by atoms with Crippen LogP contribution in [0.1, 0.15) is 27.2 Å². The minimum Gasteiger partial charge on any atom is -0.481 e. The zero-order valence-corrected chi connectivity index (χ0v) is 8.72. The lowest BCUT2D eigenvalue weighted by Gasteiger charge is -2.12. The van der Waals surface area contributed by atoms with E-state index in [0.717, 1.165) is 6.20 Å². The van der Waals surface area contributed by atoms with E-state index >= 15 is 0 Å². The zero-order chi connectivity index (χ0) is 12.3. The molecule has 0 amide bonds. The van der Waals surface area contributed by atoms with Gasteiger partial charge in [0.05, 0.1) is 18.7 Å². The van der Waals surface area contributed by atoms with Gasteiger partial charge in [-0.3, -0.25) is 4.79 Å². The number of aliphatic hydroxyl groups excluding tert-OH is 2. The Bertz CT molecular complexity index is 403. The molecule has 0 spiro atoms. The Kier molecular flexibility index (Phi) is 3.93. The minimum absolute atomic E-state index is 0.0221. The summed E-state index contributed by atoms with van der Waals surface area (Å²) >= 11 is 0.691. The Morgan fingerprint density at radius 2 is 2.00 bits per heavy atom. The summed E-state index contributed by atoms with van der Waals surface area (Å²) in [6.07, 6.45) is -2.60. The van der Waals surface area contributed by atoms with Gasteiger partial charge >= 0.3 is 11.9 Å². The molecule has 0 fully saturated rings. The van der Waals surface area contributed by atoms with E-state index in [9.17, 15) is 19.8 Å². The number of carboxylic acids is 2. The molecule has 0 aromatic carbocycles. The fourth-order valence-electron chi connectivity index (χ4n) is 0.978. The third-order valence-electron chi connectivity index (χ3n) is 1.74. The summed E-state index contributed by atoms with van der Waals surface area (Å²) in [6, 6.07) is 0. The van der Waals surface area contributed by atoms with Crippen molar-refractivity contribution in [3.05, 3.63) is 16.1 Å². The maximum Gasteiger partial charge on any atom is 0.347 e. The molecule has 1 aromatic rings. The zero-order valence-electron chi connectivity index (χ0n) is 7.90. The number of hydrogen-bond donors (Lipinski definition) is 4. The average Bonchev–Trinajstić information content (AvgIpc) is 2.64. The third-order valence-corrected chi connectivity index (χ3v) is 2.79. The first-order valence-electron chi connectivity index (χ1n) is 4.18. The molecule has 1 heterocycles. The molecule has 88 valence electrons. The summed E-state index contributed by atoms with van der Waals surface area (Å²) in [5.41, 5.74) is 0. The molecule has 0 saturated heterocycles. The van der Waals surface area contributed by atoms with Crippen LogP contribution in [0.3, 0.4) is 0 Å². The Labute approximate surface area is 93.6 Å². The molecule has 0 saturated carbocycles. The molecule has 2 atom stereocenters. The van der Waals surface area contributed by atoms with Crippen molar-refractivity contribution in [1.29, 1.82) is 0 Å². The number of aromatic nitrogens is 1. The normalized spacial score (nSPS) is 14.4. The molecule has 7 nitrogen and oxygen atoms in total. The van der Waals surface area contributed by atoms with Crippen LogP contribution in [-0.2, 0) is 4.79 Å². The van der Waals surface area contributed by atoms with Crippen molar-refractivity contribution in [2.45, 2.75) is 18.6 Å². The van der Waals surface area contributed by atoms with Gasteiger partial charge in [-0.2, -0.15) is 0 Å². The van der Waals surface area contributed by atoms with Crippen LogP contribution in [-0.4, -0.2) is 43.5 Å². The number of hydrogen-bond acceptors (Lipinski definition) is 6. The first-order chi connectivity index (χ1) is 7.41. The SMILES string of the molecule is O=C(O)CC(O)C(O)c1ncc(C(=O)O)s1. The first kappa shape index (κ1) is 12.6. The maximum absolute atomic E-state index is 10.5. The largest absolute Gasteiger partial charge is 0.481 e. The van der Waals surface area contributed by atoms with Crippen molar-refractivity contribution < 1.29 is 30.0 Å². The van der Waals surface area contributed by atoms with E-state index in [-0.39, 0.29) is 9.88 Å². The second-order valence-electron chi connectivity index (χ2n) is 2.98. The molecule has 4 N–H and O–H groups in total. The maximum atomic E-state index is 10.5. The van der Waals surface area contributed by atoms with Crippen LogP contribution < -0.4 is 0 Å². The van der Waals surface area contributed by atoms with E-state index < -0.39 is 30.6 Å². The lowest BCUT2D eigenvalue weighted by Crippen LogP contribution is -2.21. The monoisotopic (exact) mass is 247 g/mol. The van der Waals surface area contributed by atoms with Gasteiger partial charge in [0, 0.05) is 0 Å². The molecule has 0 aliphatic carbocycles. The highest BCUT2D eigenvalue weighted by atomic mass is 32.1. The average molecular weight is 247 g/mol. The number of nitrogens with zero attached hydrogens (tertiary/aromatic N) is 1. The highest BCUT2D eigenvalue weighted by Gasteiger charge is 2.24. The number of carboxylic acid groups (broad SMARTS) is 2. The third kappa shape index (κ3) is 2.99. The molecular weight excluding hydrogens is 238 g/mol. The number of rotatable bonds is 5. The van der Waals surface area contributed by atoms with E-state index in [2.05, 4.69) is 4.98 Å². The van der Waals surface area contributed by atoms with Crippen molar-refractivity contribution in [3.63, 3.8) is 0 Å². The highest BCUT2D eigenvalue weighted by molar-refractivity contribution is 7.13. The number of thiazole rings is 1. The molecule has 0 aliphatic rings. The van der Waals surface area contributed by atoms with Crippen LogP contribution in [0.5, 0.6) is 0 Å². The second kappa shape index (κ2) is 5.01. The minimum atomic E-state index is -1.51. The Hall–Kier alpha value is -1.51. The Morgan fingerprint density at radius 1 is 1.38 bits per heavy atom. The molecule has 1 rings (SSSR count). The summed E-state index contributed by atoms with van der Waals surface area (Å²) in [4.78, 5) is 24.3. The van der Waals surface area contributed by atoms with Crippen molar-refractivity contribution in [2.75, 3.05) is 0 Å². The van der Waals surface area contributed by atoms with Gasteiger partial charge < -0.3 is 20.4 Å². The topological polar surface area (TPSA) is 128 Å². The number of carbonyl (C=O) groups is 2. The van der Waals surface area contributed by atoms with Gasteiger partial charge in [0.25, 0.3) is 0 Å². The Morgan fingerprint density at radius 3 is 2.44 bits per heavy atom. The van der Waals surface area contributed by atoms with Gasteiger partial charge in [0.15, 0.2) is 0 Å². The lowest BCUT2D eigenvalue weighted by molar-refractivity contribution is -0.141. The number of aromatic carboxylic acids is 1. The summed E-state index contributed by atoms with van der Waals surface area (Å²) in [5, 5.41) is 35.7. The molecular formula is C8H9NO6S. The summed E-state index contributed by atoms with van der Waals surface area (Å²) < 4.78 is 0. The van der Waals surface area contributed by atoms with Crippen molar-refractivity contribution in [1.82, 2.24) is 4.98 Å². The second-order valence-corrected chi connectivity index (χ2v) is 4.04. The smallest absolute Gasteiger partial charge is 0.347 e. The van der Waals surface area contributed by atoms with E-state index in [4.69, 9.17) is 10.2 Å². The standard InChI is InChI=1S/C8H9NO6S/c10-3(1-5(11)12)6(13)7-9-2-4(16-7)8(14)15/h2-3,6,10,13H,1H2,(H,11,12)(H,14,15). The van der Waals surface area contributed by atoms with Gasteiger partial charge in [-0.1, -0.05) is 0 Å². The summed E-state index contributed by atoms with van der Waals surface area (Å²) in [5.74, 6) is -2.45. The van der Waals surface area contributed by atoms with Crippen LogP contribution >= 0.6 is 11.3 Å². The number of aliphatic carboxylic acids is 1. The number of aliphatic hydroxyl groups is 2. The van der Waals surface area contributed by atoms with Crippen molar-refractivity contribution in [3.8, 4) is 0 Å². The quantitative estimate of drug-likeness (QED) is 0.562. The van der Waals surface area contributed by atoms with Crippen LogP contribution in [0.15, 0.2) is 6.20 Å². The van der Waals surface area contributed by atoms with E-state index in [1.807, 2.05) is 0 Å². The van der Waals surface area contributed by atoms with Crippen molar-refractivity contribution in [2.24, 2.45) is 0 Å². The molecule has 0 aliphatic heterocycles. The van der Waals surface area contributed by atoms with E-state index in [0.29, 0.717) is 11.3 Å². The lowest BCUT2D eigenvalue weighted by atomic mass is 10.1. The van der Waals surface area contributed by atoms with Crippen LogP contribution in [0, 0.1) is 0 Å². The van der Waals surface area contributed by atoms with Crippen LogP contribution in [0.25, 0.3) is 0 Å². The molecule has 0 bridgehead atoms. The fourth-order valence-corrected chi connectivity index (χ4v) is 1.78. The van der Waals surface area contributed by atoms with Crippen molar-refractivity contribution >= 4 is 23.3 Å². The molecule has 0 radical (unpaired) electrons. The molecule has 2 unspecified atom stereocenters. The highest BCUT2D eigenvalue weighted by Crippen LogP contribution is 2.24. The van der Waals surface area contributed by atoms with Gasteiger partial charge in [-0.15, -0.1) is 11.3 Å². The molecule has 1 aromatic heterocycles. The van der Waals surface area contributed by atoms with Crippen LogP contribution in [0.2, 0.25) is 0 Å². The van der Waals surface area contributed by atoms with Gasteiger partial charge in [0.2, 0.25) is 0 Å². The Balaban J connectivity index is 2.75. The van der Waals surface area contributed by atoms with Gasteiger partial charge in [-0.05, 0) is 0 Å². The van der Waals surface area contributed by atoms with Crippen LogP contribution in [0.4, 0.5) is 0 Å². The predicted octanol–water partition coefficient (Wildman–Crippen LogP) is -0.290. The fraction of sp³-hybridized carbons (Fsp3) is 0.375.